The second-order valence-electron chi connectivity index (χ2n) is 3.94. The molecule has 0 aliphatic heterocycles. The largest absolute Gasteiger partial charge is 0.378 e. The van der Waals surface area contributed by atoms with E-state index in [9.17, 15) is 13.2 Å². The highest BCUT2D eigenvalue weighted by Gasteiger charge is 2.37. The maximum Gasteiger partial charge on any atom is 0.240 e. The average Bonchev–Trinajstić information content (AvgIpc) is 2.15. The van der Waals surface area contributed by atoms with E-state index in [-0.39, 0.29) is 6.54 Å². The second-order valence-corrected chi connectivity index (χ2v) is 6.50. The predicted octanol–water partition coefficient (Wildman–Crippen LogP) is -1.10. The van der Waals surface area contributed by atoms with Gasteiger partial charge in [-0.1, -0.05) is 0 Å². The Balaban J connectivity index is 4.08. The van der Waals surface area contributed by atoms with Gasteiger partial charge in [-0.2, -0.15) is 0 Å². The molecule has 0 atom stereocenters. The van der Waals surface area contributed by atoms with Crippen LogP contribution < -0.4 is 11.1 Å². The van der Waals surface area contributed by atoms with Crippen LogP contribution in [-0.4, -0.2) is 51.6 Å². The zero-order valence-corrected chi connectivity index (χ0v) is 10.8. The Morgan fingerprint density at radius 1 is 1.38 bits per heavy atom. The lowest BCUT2D eigenvalue weighted by Gasteiger charge is -2.21. The first kappa shape index (κ1) is 15.3. The van der Waals surface area contributed by atoms with Crippen LogP contribution in [0.1, 0.15) is 13.8 Å². The summed E-state index contributed by atoms with van der Waals surface area (Å²) in [6.07, 6.45) is 1.04. The highest BCUT2D eigenvalue weighted by atomic mass is 32.2. The minimum absolute atomic E-state index is 0.276. The van der Waals surface area contributed by atoms with Crippen LogP contribution in [-0.2, 0) is 19.4 Å². The molecule has 0 saturated heterocycles. The Labute approximate surface area is 96.4 Å². The number of nitrogens with two attached hydrogens (primary N) is 1. The molecule has 7 heteroatoms. The van der Waals surface area contributed by atoms with E-state index in [1.807, 2.05) is 0 Å². The van der Waals surface area contributed by atoms with Gasteiger partial charge in [-0.05, 0) is 13.8 Å². The summed E-state index contributed by atoms with van der Waals surface area (Å²) in [4.78, 5) is 11.6. The van der Waals surface area contributed by atoms with Gasteiger partial charge in [0.05, 0.1) is 13.2 Å². The summed E-state index contributed by atoms with van der Waals surface area (Å²) in [6, 6.07) is 0. The van der Waals surface area contributed by atoms with Crippen LogP contribution in [0.2, 0.25) is 0 Å². The van der Waals surface area contributed by atoms with Gasteiger partial charge in [0.15, 0.2) is 9.84 Å². The molecule has 0 aliphatic carbocycles. The lowest BCUT2D eigenvalue weighted by molar-refractivity contribution is -0.123. The molecule has 0 rings (SSSR count). The number of hydrogen-bond acceptors (Lipinski definition) is 5. The van der Waals surface area contributed by atoms with Crippen molar-refractivity contribution in [3.05, 3.63) is 0 Å². The van der Waals surface area contributed by atoms with Gasteiger partial charge in [0.1, 0.15) is 4.75 Å². The first-order valence-electron chi connectivity index (χ1n) is 4.99. The summed E-state index contributed by atoms with van der Waals surface area (Å²) in [6.45, 7) is 4.19. The molecule has 0 radical (unpaired) electrons. The van der Waals surface area contributed by atoms with Crippen molar-refractivity contribution in [1.29, 1.82) is 0 Å². The van der Waals surface area contributed by atoms with Crippen molar-refractivity contribution in [2.75, 3.05) is 32.6 Å². The number of hydrogen-bond donors (Lipinski definition) is 2. The standard InChI is InChI=1S/C9H20N2O4S/c1-9(2,16(3,13)14)8(12)11-5-7-15-6-4-10/h4-7,10H2,1-3H3,(H,11,12). The smallest absolute Gasteiger partial charge is 0.240 e. The molecule has 0 spiro atoms. The fraction of sp³-hybridized carbons (Fsp3) is 0.889. The van der Waals surface area contributed by atoms with E-state index in [4.69, 9.17) is 10.5 Å². The topological polar surface area (TPSA) is 98.5 Å². The average molecular weight is 252 g/mol. The minimum Gasteiger partial charge on any atom is -0.378 e. The molecule has 0 aromatic rings. The van der Waals surface area contributed by atoms with Crippen molar-refractivity contribution >= 4 is 15.7 Å². The molecule has 1 amide bonds. The van der Waals surface area contributed by atoms with E-state index in [0.717, 1.165) is 6.26 Å². The SMILES string of the molecule is CC(C)(C(=O)NCCOCCN)S(C)(=O)=O. The Hall–Kier alpha value is -0.660. The third-order valence-electron chi connectivity index (χ3n) is 2.27. The zero-order valence-electron chi connectivity index (χ0n) is 9.95. The van der Waals surface area contributed by atoms with Gasteiger partial charge >= 0.3 is 0 Å². The molecule has 0 fully saturated rings. The molecule has 6 nitrogen and oxygen atoms in total. The third kappa shape index (κ3) is 4.46. The molecule has 16 heavy (non-hydrogen) atoms. The monoisotopic (exact) mass is 252 g/mol. The predicted molar refractivity (Wildman–Crippen MR) is 61.8 cm³/mol. The number of sulfone groups is 1. The van der Waals surface area contributed by atoms with Crippen molar-refractivity contribution in [3.8, 4) is 0 Å². The van der Waals surface area contributed by atoms with Crippen LogP contribution in [0.3, 0.4) is 0 Å². The van der Waals surface area contributed by atoms with Crippen LogP contribution in [0.5, 0.6) is 0 Å². The number of carbonyl (C=O) groups is 1. The molecule has 0 aliphatic rings. The number of rotatable bonds is 7. The highest BCUT2D eigenvalue weighted by Crippen LogP contribution is 2.14. The molecule has 3 N–H and O–H groups in total. The summed E-state index contributed by atoms with van der Waals surface area (Å²) >= 11 is 0. The van der Waals surface area contributed by atoms with E-state index in [1.165, 1.54) is 13.8 Å². The van der Waals surface area contributed by atoms with Crippen molar-refractivity contribution in [2.45, 2.75) is 18.6 Å². The van der Waals surface area contributed by atoms with E-state index in [2.05, 4.69) is 5.32 Å². The Morgan fingerprint density at radius 2 is 1.94 bits per heavy atom. The number of carbonyl (C=O) groups excluding carboxylic acids is 1. The van der Waals surface area contributed by atoms with E-state index < -0.39 is 20.5 Å². The first-order chi connectivity index (χ1) is 7.23. The third-order valence-corrected chi connectivity index (χ3v) is 4.31. The minimum atomic E-state index is -3.42. The van der Waals surface area contributed by atoms with Crippen LogP contribution in [0, 0.1) is 0 Å². The fourth-order valence-corrected chi connectivity index (χ4v) is 1.21. The lowest BCUT2D eigenvalue weighted by Crippen LogP contribution is -2.48. The van der Waals surface area contributed by atoms with E-state index >= 15 is 0 Å². The lowest BCUT2D eigenvalue weighted by atomic mass is 10.2. The summed E-state index contributed by atoms with van der Waals surface area (Å²) < 4.78 is 26.3. The Bertz CT molecular complexity index is 324. The number of ether oxygens (including phenoxy) is 1. The zero-order chi connectivity index (χ0) is 12.8. The van der Waals surface area contributed by atoms with Gasteiger partial charge in [0.25, 0.3) is 0 Å². The molecule has 0 aromatic carbocycles. The maximum absolute atomic E-state index is 11.6. The van der Waals surface area contributed by atoms with Gasteiger partial charge in [0, 0.05) is 19.3 Å². The molecule has 0 heterocycles. The van der Waals surface area contributed by atoms with Crippen molar-refractivity contribution < 1.29 is 17.9 Å². The highest BCUT2D eigenvalue weighted by molar-refractivity contribution is 7.92. The number of amides is 1. The van der Waals surface area contributed by atoms with Gasteiger partial charge in [0.2, 0.25) is 5.91 Å². The normalized spacial score (nSPS) is 12.5. The fourth-order valence-electron chi connectivity index (χ4n) is 0.803. The molecule has 0 aromatic heterocycles. The first-order valence-corrected chi connectivity index (χ1v) is 6.88. The van der Waals surface area contributed by atoms with Crippen LogP contribution in [0.4, 0.5) is 0 Å². The van der Waals surface area contributed by atoms with Crippen LogP contribution >= 0.6 is 0 Å². The summed E-state index contributed by atoms with van der Waals surface area (Å²) in [5.41, 5.74) is 5.21. The second kappa shape index (κ2) is 6.17. The van der Waals surface area contributed by atoms with Crippen molar-refractivity contribution in [2.24, 2.45) is 5.73 Å². The quantitative estimate of drug-likeness (QED) is 0.560. The van der Waals surface area contributed by atoms with E-state index in [0.29, 0.717) is 19.8 Å². The summed E-state index contributed by atoms with van der Waals surface area (Å²) in [5.74, 6) is -0.522. The van der Waals surface area contributed by atoms with Gasteiger partial charge in [-0.3, -0.25) is 4.79 Å². The van der Waals surface area contributed by atoms with Crippen molar-refractivity contribution in [1.82, 2.24) is 5.32 Å². The molecule has 0 saturated carbocycles. The Morgan fingerprint density at radius 3 is 2.38 bits per heavy atom. The van der Waals surface area contributed by atoms with Gasteiger partial charge < -0.3 is 15.8 Å². The summed E-state index contributed by atoms with van der Waals surface area (Å²) in [7, 11) is -3.42. The molecule has 0 bridgehead atoms. The van der Waals surface area contributed by atoms with Crippen LogP contribution in [0.25, 0.3) is 0 Å². The maximum atomic E-state index is 11.6. The van der Waals surface area contributed by atoms with E-state index in [1.54, 1.807) is 0 Å². The Kier molecular flexibility index (Phi) is 5.91. The summed E-state index contributed by atoms with van der Waals surface area (Å²) in [5, 5.41) is 2.50. The van der Waals surface area contributed by atoms with Crippen molar-refractivity contribution in [3.63, 3.8) is 0 Å². The van der Waals surface area contributed by atoms with Gasteiger partial charge in [-0.15, -0.1) is 0 Å². The molecular formula is C9H20N2O4S. The van der Waals surface area contributed by atoms with Crippen LogP contribution in [0.15, 0.2) is 0 Å². The molecule has 0 unspecified atom stereocenters. The molecular weight excluding hydrogens is 232 g/mol. The molecule has 96 valence electrons. The van der Waals surface area contributed by atoms with Gasteiger partial charge in [-0.25, -0.2) is 8.42 Å². The number of nitrogens with one attached hydrogen (secondary N) is 1.